The van der Waals surface area contributed by atoms with Crippen LogP contribution in [0.15, 0.2) is 18.2 Å². The SMILES string of the molecule is CCN(c1ccc(C(=N)N)cc1C)C(C)COC. The van der Waals surface area contributed by atoms with Crippen LogP contribution in [-0.2, 0) is 4.74 Å². The van der Waals surface area contributed by atoms with Gasteiger partial charge in [-0.2, -0.15) is 0 Å². The summed E-state index contributed by atoms with van der Waals surface area (Å²) in [4.78, 5) is 2.29. The number of hydrogen-bond donors (Lipinski definition) is 2. The van der Waals surface area contributed by atoms with Crippen LogP contribution in [0.2, 0.25) is 0 Å². The van der Waals surface area contributed by atoms with Gasteiger partial charge in [0.1, 0.15) is 5.84 Å². The van der Waals surface area contributed by atoms with E-state index in [0.717, 1.165) is 17.7 Å². The second kappa shape index (κ2) is 6.40. The molecule has 18 heavy (non-hydrogen) atoms. The summed E-state index contributed by atoms with van der Waals surface area (Å²) >= 11 is 0. The molecule has 4 heteroatoms. The fourth-order valence-electron chi connectivity index (χ4n) is 2.20. The van der Waals surface area contributed by atoms with Gasteiger partial charge in [-0.15, -0.1) is 0 Å². The largest absolute Gasteiger partial charge is 0.384 e. The van der Waals surface area contributed by atoms with E-state index in [2.05, 4.69) is 18.7 Å². The van der Waals surface area contributed by atoms with Gasteiger partial charge in [0.2, 0.25) is 0 Å². The number of methoxy groups -OCH3 is 1. The molecule has 0 aliphatic rings. The van der Waals surface area contributed by atoms with Crippen LogP contribution in [0.4, 0.5) is 5.69 Å². The van der Waals surface area contributed by atoms with E-state index in [1.165, 1.54) is 5.69 Å². The molecule has 0 spiro atoms. The molecule has 1 aromatic rings. The molecule has 0 saturated heterocycles. The fraction of sp³-hybridized carbons (Fsp3) is 0.500. The molecule has 0 bridgehead atoms. The summed E-state index contributed by atoms with van der Waals surface area (Å²) in [5.41, 5.74) is 8.57. The molecule has 0 amide bonds. The Morgan fingerprint density at radius 1 is 1.50 bits per heavy atom. The van der Waals surface area contributed by atoms with Gasteiger partial charge in [0.05, 0.1) is 6.61 Å². The molecular formula is C14H23N3O. The van der Waals surface area contributed by atoms with Crippen molar-refractivity contribution in [1.29, 1.82) is 5.41 Å². The number of amidine groups is 1. The number of nitrogens with zero attached hydrogens (tertiary/aromatic N) is 1. The molecule has 3 N–H and O–H groups in total. The molecule has 0 aliphatic carbocycles. The van der Waals surface area contributed by atoms with Gasteiger partial charge in [-0.1, -0.05) is 0 Å². The molecule has 0 heterocycles. The molecule has 1 unspecified atom stereocenters. The number of nitrogens with one attached hydrogen (secondary N) is 1. The average Bonchev–Trinajstić information content (AvgIpc) is 2.32. The third-order valence-corrected chi connectivity index (χ3v) is 3.10. The van der Waals surface area contributed by atoms with E-state index >= 15 is 0 Å². The van der Waals surface area contributed by atoms with Crippen molar-refractivity contribution in [1.82, 2.24) is 0 Å². The third-order valence-electron chi connectivity index (χ3n) is 3.10. The maximum atomic E-state index is 7.45. The Hall–Kier alpha value is -1.55. The highest BCUT2D eigenvalue weighted by molar-refractivity contribution is 5.95. The Kier molecular flexibility index (Phi) is 5.16. The minimum Gasteiger partial charge on any atom is -0.384 e. The van der Waals surface area contributed by atoms with Gasteiger partial charge >= 0.3 is 0 Å². The Bertz CT molecular complexity index is 418. The van der Waals surface area contributed by atoms with Crippen molar-refractivity contribution < 1.29 is 4.74 Å². The lowest BCUT2D eigenvalue weighted by atomic mass is 10.1. The molecule has 1 aromatic carbocycles. The van der Waals surface area contributed by atoms with Crippen LogP contribution < -0.4 is 10.6 Å². The molecule has 0 saturated carbocycles. The van der Waals surface area contributed by atoms with Gasteiger partial charge in [-0.3, -0.25) is 5.41 Å². The van der Waals surface area contributed by atoms with Crippen molar-refractivity contribution in [3.8, 4) is 0 Å². The van der Waals surface area contributed by atoms with Crippen molar-refractivity contribution in [2.24, 2.45) is 5.73 Å². The van der Waals surface area contributed by atoms with Crippen LogP contribution in [0.5, 0.6) is 0 Å². The summed E-state index contributed by atoms with van der Waals surface area (Å²) in [6.45, 7) is 7.94. The van der Waals surface area contributed by atoms with Crippen LogP contribution in [-0.4, -0.2) is 32.1 Å². The Morgan fingerprint density at radius 2 is 2.17 bits per heavy atom. The van der Waals surface area contributed by atoms with Crippen LogP contribution in [0, 0.1) is 12.3 Å². The number of nitrogens with two attached hydrogens (primary N) is 1. The number of aryl methyl sites for hydroxylation is 1. The van der Waals surface area contributed by atoms with Crippen molar-refractivity contribution in [2.75, 3.05) is 25.2 Å². The van der Waals surface area contributed by atoms with Gasteiger partial charge in [-0.25, -0.2) is 0 Å². The first-order valence-corrected chi connectivity index (χ1v) is 6.21. The zero-order valence-corrected chi connectivity index (χ0v) is 11.7. The second-order valence-corrected chi connectivity index (χ2v) is 4.51. The standard InChI is InChI=1S/C14H23N3O/c1-5-17(11(3)9-18-4)13-7-6-12(14(15)16)8-10(13)2/h6-8,11H,5,9H2,1-4H3,(H3,15,16). The summed E-state index contributed by atoms with van der Waals surface area (Å²) in [7, 11) is 1.72. The minimum atomic E-state index is 0.109. The zero-order chi connectivity index (χ0) is 13.7. The molecule has 0 radical (unpaired) electrons. The lowest BCUT2D eigenvalue weighted by Crippen LogP contribution is -2.36. The number of benzene rings is 1. The van der Waals surface area contributed by atoms with E-state index in [1.54, 1.807) is 7.11 Å². The number of anilines is 1. The number of rotatable bonds is 6. The first kappa shape index (κ1) is 14.5. The number of likely N-dealkylation sites (N-methyl/N-ethyl adjacent to an activating group) is 1. The smallest absolute Gasteiger partial charge is 0.122 e. The van der Waals surface area contributed by atoms with Gasteiger partial charge in [0, 0.05) is 30.9 Å². The third kappa shape index (κ3) is 3.23. The van der Waals surface area contributed by atoms with Crippen molar-refractivity contribution in [2.45, 2.75) is 26.8 Å². The molecule has 0 aliphatic heterocycles. The highest BCUT2D eigenvalue weighted by Gasteiger charge is 2.15. The summed E-state index contributed by atoms with van der Waals surface area (Å²) in [5, 5.41) is 7.45. The topological polar surface area (TPSA) is 62.3 Å². The summed E-state index contributed by atoms with van der Waals surface area (Å²) in [6.07, 6.45) is 0. The lowest BCUT2D eigenvalue weighted by Gasteiger charge is -2.31. The number of nitrogen functional groups attached to an aromatic ring is 1. The van der Waals surface area contributed by atoms with E-state index < -0.39 is 0 Å². The summed E-state index contributed by atoms with van der Waals surface area (Å²) in [5.74, 6) is 0.109. The summed E-state index contributed by atoms with van der Waals surface area (Å²) in [6, 6.07) is 6.20. The zero-order valence-electron chi connectivity index (χ0n) is 11.7. The van der Waals surface area contributed by atoms with Crippen LogP contribution in [0.1, 0.15) is 25.0 Å². The van der Waals surface area contributed by atoms with Crippen molar-refractivity contribution in [3.05, 3.63) is 29.3 Å². The molecule has 1 rings (SSSR count). The van der Waals surface area contributed by atoms with E-state index in [4.69, 9.17) is 15.9 Å². The van der Waals surface area contributed by atoms with Crippen molar-refractivity contribution >= 4 is 11.5 Å². The van der Waals surface area contributed by atoms with Gasteiger partial charge in [0.25, 0.3) is 0 Å². The molecule has 100 valence electrons. The predicted octanol–water partition coefficient (Wildman–Crippen LogP) is 2.14. The maximum absolute atomic E-state index is 7.45. The maximum Gasteiger partial charge on any atom is 0.122 e. The molecule has 0 aromatic heterocycles. The van der Waals surface area contributed by atoms with Crippen molar-refractivity contribution in [3.63, 3.8) is 0 Å². The monoisotopic (exact) mass is 249 g/mol. The minimum absolute atomic E-state index is 0.109. The normalized spacial score (nSPS) is 12.2. The van der Waals surface area contributed by atoms with Crippen LogP contribution >= 0.6 is 0 Å². The first-order valence-electron chi connectivity index (χ1n) is 6.21. The highest BCUT2D eigenvalue weighted by atomic mass is 16.5. The van der Waals surface area contributed by atoms with E-state index in [0.29, 0.717) is 12.6 Å². The second-order valence-electron chi connectivity index (χ2n) is 4.51. The van der Waals surface area contributed by atoms with E-state index in [1.807, 2.05) is 25.1 Å². The average molecular weight is 249 g/mol. The number of ether oxygens (including phenoxy) is 1. The van der Waals surface area contributed by atoms with Crippen LogP contribution in [0.3, 0.4) is 0 Å². The van der Waals surface area contributed by atoms with Crippen LogP contribution in [0.25, 0.3) is 0 Å². The van der Waals surface area contributed by atoms with E-state index in [9.17, 15) is 0 Å². The Morgan fingerprint density at radius 3 is 2.61 bits per heavy atom. The Balaban J connectivity index is 3.03. The number of hydrogen-bond acceptors (Lipinski definition) is 3. The molecule has 1 atom stereocenters. The molecule has 4 nitrogen and oxygen atoms in total. The predicted molar refractivity (Wildman–Crippen MR) is 76.6 cm³/mol. The first-order chi connectivity index (χ1) is 8.51. The van der Waals surface area contributed by atoms with Gasteiger partial charge in [0.15, 0.2) is 0 Å². The quantitative estimate of drug-likeness (QED) is 0.600. The molecular weight excluding hydrogens is 226 g/mol. The van der Waals surface area contributed by atoms with E-state index in [-0.39, 0.29) is 5.84 Å². The Labute approximate surface area is 109 Å². The lowest BCUT2D eigenvalue weighted by molar-refractivity contribution is 0.182. The summed E-state index contributed by atoms with van der Waals surface area (Å²) < 4.78 is 5.21. The molecule has 0 fully saturated rings. The van der Waals surface area contributed by atoms with Gasteiger partial charge in [-0.05, 0) is 44.5 Å². The van der Waals surface area contributed by atoms with Gasteiger partial charge < -0.3 is 15.4 Å². The highest BCUT2D eigenvalue weighted by Crippen LogP contribution is 2.23. The fourth-order valence-corrected chi connectivity index (χ4v) is 2.20.